The Bertz CT molecular complexity index is 537. The molecule has 1 fully saturated rings. The zero-order valence-corrected chi connectivity index (χ0v) is 13.9. The molecular formula is C16H27N5O. The Morgan fingerprint density at radius 3 is 2.86 bits per heavy atom. The SMILES string of the molecule is CC[C@@H](C)[C@H](C)N(C(=O)NCc1nnc2n1CCC2)C1CC1. The normalized spacial score (nSPS) is 19.6. The van der Waals surface area contributed by atoms with Crippen LogP contribution in [0.5, 0.6) is 0 Å². The number of carbonyl (C=O) groups is 1. The van der Waals surface area contributed by atoms with Crippen LogP contribution in [-0.4, -0.2) is 37.8 Å². The molecule has 0 bridgehead atoms. The number of fused-ring (bicyclic) bond motifs is 1. The van der Waals surface area contributed by atoms with Crippen molar-refractivity contribution in [2.75, 3.05) is 0 Å². The summed E-state index contributed by atoms with van der Waals surface area (Å²) in [5, 5.41) is 11.5. The first-order valence-electron chi connectivity index (χ1n) is 8.59. The molecule has 122 valence electrons. The second-order valence-corrected chi connectivity index (χ2v) is 6.71. The lowest BCUT2D eigenvalue weighted by atomic mass is 9.99. The largest absolute Gasteiger partial charge is 0.331 e. The van der Waals surface area contributed by atoms with Gasteiger partial charge in [0.05, 0.1) is 6.54 Å². The molecule has 0 radical (unpaired) electrons. The Morgan fingerprint density at radius 1 is 1.41 bits per heavy atom. The average Bonchev–Trinajstić information content (AvgIpc) is 3.09. The lowest BCUT2D eigenvalue weighted by Crippen LogP contribution is -2.48. The molecule has 3 rings (SSSR count). The number of nitrogens with one attached hydrogen (secondary N) is 1. The molecule has 0 unspecified atom stereocenters. The van der Waals surface area contributed by atoms with Crippen molar-refractivity contribution in [1.82, 2.24) is 25.0 Å². The van der Waals surface area contributed by atoms with Gasteiger partial charge in [0.1, 0.15) is 5.82 Å². The summed E-state index contributed by atoms with van der Waals surface area (Å²) in [4.78, 5) is 14.7. The maximum Gasteiger partial charge on any atom is 0.318 e. The van der Waals surface area contributed by atoms with Crippen LogP contribution >= 0.6 is 0 Å². The van der Waals surface area contributed by atoms with Gasteiger partial charge in [0.15, 0.2) is 5.82 Å². The Kier molecular flexibility index (Phi) is 4.36. The van der Waals surface area contributed by atoms with Gasteiger partial charge in [-0.1, -0.05) is 20.3 Å². The molecule has 0 aromatic carbocycles. The molecule has 1 aliphatic carbocycles. The Morgan fingerprint density at radius 2 is 2.18 bits per heavy atom. The van der Waals surface area contributed by atoms with E-state index < -0.39 is 0 Å². The van der Waals surface area contributed by atoms with Gasteiger partial charge in [0.2, 0.25) is 0 Å². The topological polar surface area (TPSA) is 63.1 Å². The van der Waals surface area contributed by atoms with Crippen LogP contribution in [0.4, 0.5) is 4.79 Å². The summed E-state index contributed by atoms with van der Waals surface area (Å²) in [6.45, 7) is 8.02. The van der Waals surface area contributed by atoms with Crippen LogP contribution in [0.1, 0.15) is 58.1 Å². The van der Waals surface area contributed by atoms with Crippen molar-refractivity contribution < 1.29 is 4.79 Å². The fourth-order valence-corrected chi connectivity index (χ4v) is 3.24. The smallest absolute Gasteiger partial charge is 0.318 e. The summed E-state index contributed by atoms with van der Waals surface area (Å²) in [5.41, 5.74) is 0. The summed E-state index contributed by atoms with van der Waals surface area (Å²) < 4.78 is 2.14. The first-order valence-corrected chi connectivity index (χ1v) is 8.59. The molecule has 22 heavy (non-hydrogen) atoms. The number of rotatable bonds is 6. The Labute approximate surface area is 132 Å². The summed E-state index contributed by atoms with van der Waals surface area (Å²) in [6, 6.07) is 0.750. The molecule has 2 atom stereocenters. The van der Waals surface area contributed by atoms with E-state index >= 15 is 0 Å². The lowest BCUT2D eigenvalue weighted by Gasteiger charge is -2.33. The van der Waals surface area contributed by atoms with Crippen molar-refractivity contribution in [3.63, 3.8) is 0 Å². The molecule has 6 heteroatoms. The van der Waals surface area contributed by atoms with E-state index in [4.69, 9.17) is 0 Å². The number of hydrogen-bond donors (Lipinski definition) is 1. The van der Waals surface area contributed by atoms with Gasteiger partial charge in [-0.3, -0.25) is 0 Å². The van der Waals surface area contributed by atoms with E-state index in [2.05, 4.69) is 45.8 Å². The first-order chi connectivity index (χ1) is 10.6. The zero-order chi connectivity index (χ0) is 15.7. The van der Waals surface area contributed by atoms with Gasteiger partial charge in [0.25, 0.3) is 0 Å². The van der Waals surface area contributed by atoms with Crippen molar-refractivity contribution in [2.24, 2.45) is 5.92 Å². The third-order valence-electron chi connectivity index (χ3n) is 5.16. The van der Waals surface area contributed by atoms with E-state index in [0.717, 1.165) is 50.3 Å². The van der Waals surface area contributed by atoms with Gasteiger partial charge >= 0.3 is 6.03 Å². The summed E-state index contributed by atoms with van der Waals surface area (Å²) >= 11 is 0. The second kappa shape index (κ2) is 6.26. The highest BCUT2D eigenvalue weighted by Gasteiger charge is 2.37. The molecule has 2 aliphatic rings. The zero-order valence-electron chi connectivity index (χ0n) is 13.9. The fourth-order valence-electron chi connectivity index (χ4n) is 3.24. The number of amides is 2. The van der Waals surface area contributed by atoms with Crippen LogP contribution in [0.3, 0.4) is 0 Å². The molecule has 0 saturated heterocycles. The van der Waals surface area contributed by atoms with Gasteiger partial charge in [-0.25, -0.2) is 4.79 Å². The average molecular weight is 305 g/mol. The molecule has 1 aromatic heterocycles. The molecule has 2 heterocycles. The highest BCUT2D eigenvalue weighted by atomic mass is 16.2. The molecule has 1 aromatic rings. The third kappa shape index (κ3) is 2.96. The van der Waals surface area contributed by atoms with E-state index in [9.17, 15) is 4.79 Å². The maximum absolute atomic E-state index is 12.6. The predicted molar refractivity (Wildman–Crippen MR) is 84.4 cm³/mol. The standard InChI is InChI=1S/C16H27N5O/c1-4-11(2)12(3)21(13-7-8-13)16(22)17-10-15-19-18-14-6-5-9-20(14)15/h11-13H,4-10H2,1-3H3,(H,17,22)/t11-,12+/m1/s1. The minimum atomic E-state index is 0.0469. The van der Waals surface area contributed by atoms with Gasteiger partial charge in [-0.2, -0.15) is 0 Å². The minimum Gasteiger partial charge on any atom is -0.331 e. The molecular weight excluding hydrogens is 278 g/mol. The predicted octanol–water partition coefficient (Wildman–Crippen LogP) is 2.33. The van der Waals surface area contributed by atoms with Crippen LogP contribution in [0.25, 0.3) is 0 Å². The van der Waals surface area contributed by atoms with E-state index in [1.54, 1.807) is 0 Å². The summed E-state index contributed by atoms with van der Waals surface area (Å²) in [7, 11) is 0. The second-order valence-electron chi connectivity index (χ2n) is 6.71. The molecule has 0 spiro atoms. The van der Waals surface area contributed by atoms with Crippen LogP contribution in [0.2, 0.25) is 0 Å². The number of carbonyl (C=O) groups excluding carboxylic acids is 1. The number of nitrogens with zero attached hydrogens (tertiary/aromatic N) is 4. The third-order valence-corrected chi connectivity index (χ3v) is 5.16. The van der Waals surface area contributed by atoms with Crippen LogP contribution in [-0.2, 0) is 19.5 Å². The Hall–Kier alpha value is -1.59. The number of hydrogen-bond acceptors (Lipinski definition) is 3. The van der Waals surface area contributed by atoms with Gasteiger partial charge in [-0.05, 0) is 32.1 Å². The van der Waals surface area contributed by atoms with Gasteiger partial charge in [-0.15, -0.1) is 10.2 Å². The minimum absolute atomic E-state index is 0.0469. The molecule has 1 N–H and O–H groups in total. The number of aryl methyl sites for hydroxylation is 1. The quantitative estimate of drug-likeness (QED) is 0.877. The Balaban J connectivity index is 1.61. The highest BCUT2D eigenvalue weighted by molar-refractivity contribution is 5.75. The number of urea groups is 1. The molecule has 6 nitrogen and oxygen atoms in total. The van der Waals surface area contributed by atoms with E-state index in [-0.39, 0.29) is 12.1 Å². The monoisotopic (exact) mass is 305 g/mol. The van der Waals surface area contributed by atoms with Crippen LogP contribution < -0.4 is 5.32 Å². The molecule has 1 aliphatic heterocycles. The highest BCUT2D eigenvalue weighted by Crippen LogP contribution is 2.31. The molecule has 2 amide bonds. The van der Waals surface area contributed by atoms with Crippen molar-refractivity contribution in [1.29, 1.82) is 0 Å². The van der Waals surface area contributed by atoms with E-state index in [0.29, 0.717) is 18.5 Å². The van der Waals surface area contributed by atoms with Crippen LogP contribution in [0.15, 0.2) is 0 Å². The van der Waals surface area contributed by atoms with Crippen LogP contribution in [0, 0.1) is 5.92 Å². The summed E-state index contributed by atoms with van der Waals surface area (Å²) in [6.07, 6.45) is 5.49. The van der Waals surface area contributed by atoms with Gasteiger partial charge in [0, 0.05) is 25.0 Å². The van der Waals surface area contributed by atoms with Crippen molar-refractivity contribution in [2.45, 2.75) is 78.0 Å². The fraction of sp³-hybridized carbons (Fsp3) is 0.812. The van der Waals surface area contributed by atoms with E-state index in [1.165, 1.54) is 0 Å². The first kappa shape index (κ1) is 15.3. The van der Waals surface area contributed by atoms with Crippen molar-refractivity contribution in [3.8, 4) is 0 Å². The summed E-state index contributed by atoms with van der Waals surface area (Å²) in [5.74, 6) is 2.45. The van der Waals surface area contributed by atoms with Crippen molar-refractivity contribution in [3.05, 3.63) is 11.6 Å². The van der Waals surface area contributed by atoms with E-state index in [1.807, 2.05) is 0 Å². The van der Waals surface area contributed by atoms with Gasteiger partial charge < -0.3 is 14.8 Å². The molecule has 1 saturated carbocycles. The lowest BCUT2D eigenvalue weighted by molar-refractivity contribution is 0.151. The number of aromatic nitrogens is 3. The van der Waals surface area contributed by atoms with Crippen molar-refractivity contribution >= 4 is 6.03 Å². The maximum atomic E-state index is 12.6.